The van der Waals surface area contributed by atoms with Crippen LogP contribution in [-0.2, 0) is 0 Å². The van der Waals surface area contributed by atoms with E-state index in [9.17, 15) is 0 Å². The van der Waals surface area contributed by atoms with Gasteiger partial charge in [-0.3, -0.25) is 0 Å². The van der Waals surface area contributed by atoms with Gasteiger partial charge in [0.15, 0.2) is 0 Å². The number of nitrogen functional groups attached to an aromatic ring is 1. The van der Waals surface area contributed by atoms with Crippen molar-refractivity contribution in [2.45, 2.75) is 29.7 Å². The van der Waals surface area contributed by atoms with E-state index in [0.29, 0.717) is 10.7 Å². The van der Waals surface area contributed by atoms with Gasteiger partial charge in [0.25, 0.3) is 0 Å². The van der Waals surface area contributed by atoms with Crippen molar-refractivity contribution in [3.8, 4) is 5.75 Å². The van der Waals surface area contributed by atoms with Crippen molar-refractivity contribution >= 4 is 29.1 Å². The van der Waals surface area contributed by atoms with Crippen molar-refractivity contribution < 1.29 is 4.74 Å². The van der Waals surface area contributed by atoms with E-state index in [0.717, 1.165) is 15.5 Å². The topological polar surface area (TPSA) is 35.2 Å². The minimum Gasteiger partial charge on any atom is -0.491 e. The Labute approximate surface area is 122 Å². The average molecular weight is 294 g/mol. The van der Waals surface area contributed by atoms with Crippen LogP contribution in [0.15, 0.2) is 52.3 Å². The normalized spacial score (nSPS) is 10.7. The van der Waals surface area contributed by atoms with Gasteiger partial charge in [0.2, 0.25) is 0 Å². The van der Waals surface area contributed by atoms with Crippen LogP contribution >= 0.6 is 23.4 Å². The van der Waals surface area contributed by atoms with Gasteiger partial charge < -0.3 is 10.5 Å². The minimum absolute atomic E-state index is 0.185. The second kappa shape index (κ2) is 6.22. The van der Waals surface area contributed by atoms with E-state index >= 15 is 0 Å². The predicted molar refractivity (Wildman–Crippen MR) is 82.2 cm³/mol. The highest BCUT2D eigenvalue weighted by Crippen LogP contribution is 2.34. The van der Waals surface area contributed by atoms with Crippen molar-refractivity contribution in [2.75, 3.05) is 5.73 Å². The molecule has 2 aromatic carbocycles. The second-order valence-corrected chi connectivity index (χ2v) is 5.95. The van der Waals surface area contributed by atoms with Crippen molar-refractivity contribution in [1.82, 2.24) is 0 Å². The zero-order valence-corrected chi connectivity index (χ0v) is 12.5. The summed E-state index contributed by atoms with van der Waals surface area (Å²) in [6.45, 7) is 4.02. The second-order valence-electron chi connectivity index (χ2n) is 4.43. The molecule has 0 saturated heterocycles. The molecule has 2 rings (SSSR count). The van der Waals surface area contributed by atoms with Gasteiger partial charge in [-0.05, 0) is 56.3 Å². The lowest BCUT2D eigenvalue weighted by Gasteiger charge is -2.10. The molecular weight excluding hydrogens is 278 g/mol. The van der Waals surface area contributed by atoms with Crippen LogP contribution < -0.4 is 10.5 Å². The summed E-state index contributed by atoms with van der Waals surface area (Å²) in [5.74, 6) is 0.878. The van der Waals surface area contributed by atoms with Gasteiger partial charge in [-0.2, -0.15) is 0 Å². The first-order valence-electron chi connectivity index (χ1n) is 6.04. The van der Waals surface area contributed by atoms with Crippen LogP contribution in [0.5, 0.6) is 5.75 Å². The Hall–Kier alpha value is -1.32. The Morgan fingerprint density at radius 1 is 1.11 bits per heavy atom. The first-order valence-corrected chi connectivity index (χ1v) is 7.23. The van der Waals surface area contributed by atoms with Crippen molar-refractivity contribution in [2.24, 2.45) is 0 Å². The summed E-state index contributed by atoms with van der Waals surface area (Å²) in [7, 11) is 0. The third-order valence-corrected chi connectivity index (χ3v) is 3.89. The smallest absolute Gasteiger partial charge is 0.119 e. The molecule has 0 radical (unpaired) electrons. The van der Waals surface area contributed by atoms with E-state index in [2.05, 4.69) is 0 Å². The van der Waals surface area contributed by atoms with Gasteiger partial charge in [0.1, 0.15) is 5.75 Å². The molecule has 0 aliphatic heterocycles. The number of rotatable bonds is 4. The van der Waals surface area contributed by atoms with Crippen molar-refractivity contribution in [3.05, 3.63) is 47.5 Å². The predicted octanol–water partition coefficient (Wildman–Crippen LogP) is 4.86. The lowest BCUT2D eigenvalue weighted by atomic mass is 10.3. The number of anilines is 1. The van der Waals surface area contributed by atoms with Crippen LogP contribution in [0.25, 0.3) is 0 Å². The fourth-order valence-electron chi connectivity index (χ4n) is 1.59. The third kappa shape index (κ3) is 4.08. The van der Waals surface area contributed by atoms with E-state index in [4.69, 9.17) is 22.1 Å². The van der Waals surface area contributed by atoms with E-state index in [-0.39, 0.29) is 6.10 Å². The molecule has 0 saturated carbocycles. The Morgan fingerprint density at radius 3 is 2.37 bits per heavy atom. The summed E-state index contributed by atoms with van der Waals surface area (Å²) >= 11 is 7.76. The maximum absolute atomic E-state index is 6.15. The molecule has 0 aliphatic carbocycles. The highest BCUT2D eigenvalue weighted by atomic mass is 35.5. The van der Waals surface area contributed by atoms with Gasteiger partial charge in [-0.1, -0.05) is 23.4 Å². The molecule has 0 amide bonds. The summed E-state index contributed by atoms with van der Waals surface area (Å²) in [5.41, 5.74) is 6.35. The van der Waals surface area contributed by atoms with Gasteiger partial charge in [0.05, 0.1) is 11.1 Å². The minimum atomic E-state index is 0.185. The molecule has 0 unspecified atom stereocenters. The fraction of sp³-hybridized carbons (Fsp3) is 0.200. The zero-order chi connectivity index (χ0) is 13.8. The molecule has 19 heavy (non-hydrogen) atoms. The van der Waals surface area contributed by atoms with Crippen molar-refractivity contribution in [3.63, 3.8) is 0 Å². The zero-order valence-electron chi connectivity index (χ0n) is 10.9. The number of hydrogen-bond acceptors (Lipinski definition) is 3. The van der Waals surface area contributed by atoms with E-state index < -0.39 is 0 Å². The molecular formula is C15H16ClNOS. The molecule has 100 valence electrons. The van der Waals surface area contributed by atoms with Gasteiger partial charge in [-0.15, -0.1) is 0 Å². The van der Waals surface area contributed by atoms with Gasteiger partial charge in [-0.25, -0.2) is 0 Å². The van der Waals surface area contributed by atoms with Gasteiger partial charge in [0, 0.05) is 15.5 Å². The van der Waals surface area contributed by atoms with E-state index in [1.165, 1.54) is 0 Å². The summed E-state index contributed by atoms with van der Waals surface area (Å²) in [4.78, 5) is 2.11. The Morgan fingerprint density at radius 2 is 1.79 bits per heavy atom. The van der Waals surface area contributed by atoms with Crippen LogP contribution in [0.1, 0.15) is 13.8 Å². The highest BCUT2D eigenvalue weighted by Gasteiger charge is 2.04. The highest BCUT2D eigenvalue weighted by molar-refractivity contribution is 7.99. The molecule has 0 atom stereocenters. The number of halogens is 1. The monoisotopic (exact) mass is 293 g/mol. The first-order chi connectivity index (χ1) is 9.04. The summed E-state index contributed by atoms with van der Waals surface area (Å²) < 4.78 is 5.61. The molecule has 2 N–H and O–H groups in total. The van der Waals surface area contributed by atoms with Crippen LogP contribution in [-0.4, -0.2) is 6.10 Å². The number of nitrogens with two attached hydrogens (primary N) is 1. The SMILES string of the molecule is CC(C)Oc1ccc(Sc2ccc(N)cc2Cl)cc1. The molecule has 2 nitrogen and oxygen atoms in total. The Balaban J connectivity index is 2.10. The van der Waals surface area contributed by atoms with Gasteiger partial charge >= 0.3 is 0 Å². The molecule has 0 aliphatic rings. The maximum atomic E-state index is 6.15. The molecule has 0 heterocycles. The standard InChI is InChI=1S/C15H16ClNOS/c1-10(2)18-12-4-6-13(7-5-12)19-15-8-3-11(17)9-14(15)16/h3-10H,17H2,1-2H3. The van der Waals surface area contributed by atoms with E-state index in [1.807, 2.05) is 50.2 Å². The molecule has 4 heteroatoms. The average Bonchev–Trinajstić information content (AvgIpc) is 2.34. The lowest BCUT2D eigenvalue weighted by Crippen LogP contribution is -2.04. The van der Waals surface area contributed by atoms with Crippen LogP contribution in [0.3, 0.4) is 0 Å². The third-order valence-electron chi connectivity index (χ3n) is 2.38. The summed E-state index contributed by atoms with van der Waals surface area (Å²) in [6, 6.07) is 13.5. The Bertz CT molecular complexity index is 555. The molecule has 0 aromatic heterocycles. The quantitative estimate of drug-likeness (QED) is 0.818. The molecule has 0 fully saturated rings. The molecule has 0 bridgehead atoms. The summed E-state index contributed by atoms with van der Waals surface area (Å²) in [6.07, 6.45) is 0.185. The Kier molecular flexibility index (Phi) is 4.61. The molecule has 0 spiro atoms. The fourth-order valence-corrected chi connectivity index (χ4v) is 2.71. The first kappa shape index (κ1) is 14.1. The summed E-state index contributed by atoms with van der Waals surface area (Å²) in [5, 5.41) is 0.674. The van der Waals surface area contributed by atoms with Crippen LogP contribution in [0, 0.1) is 0 Å². The number of ether oxygens (including phenoxy) is 1. The molecule has 2 aromatic rings. The largest absolute Gasteiger partial charge is 0.491 e. The van der Waals surface area contributed by atoms with E-state index in [1.54, 1.807) is 17.8 Å². The maximum Gasteiger partial charge on any atom is 0.119 e. The van der Waals surface area contributed by atoms with Crippen LogP contribution in [0.2, 0.25) is 5.02 Å². The van der Waals surface area contributed by atoms with Crippen LogP contribution in [0.4, 0.5) is 5.69 Å². The number of benzene rings is 2. The number of hydrogen-bond donors (Lipinski definition) is 1. The van der Waals surface area contributed by atoms with Crippen molar-refractivity contribution in [1.29, 1.82) is 0 Å². The lowest BCUT2D eigenvalue weighted by molar-refractivity contribution is 0.242.